The third-order valence-electron chi connectivity index (χ3n) is 4.21. The third kappa shape index (κ3) is 22.4. The van der Waals surface area contributed by atoms with Gasteiger partial charge in [-0.15, -0.1) is 0 Å². The van der Waals surface area contributed by atoms with Crippen molar-refractivity contribution in [1.29, 1.82) is 0 Å². The maximum Gasteiger partial charge on any atom is 1.00 e. The molecular formula is C19H39NaO3. The van der Waals surface area contributed by atoms with Crippen molar-refractivity contribution in [1.82, 2.24) is 0 Å². The zero-order chi connectivity index (χ0) is 16.3. The van der Waals surface area contributed by atoms with Crippen LogP contribution in [0, 0.1) is 0 Å². The Bertz CT molecular complexity index is 241. The van der Waals surface area contributed by atoms with E-state index in [1.54, 1.807) is 0 Å². The Morgan fingerprint density at radius 2 is 1.09 bits per heavy atom. The molecule has 3 nitrogen and oxygen atoms in total. The van der Waals surface area contributed by atoms with Gasteiger partial charge in [0, 0.05) is 6.42 Å². The van der Waals surface area contributed by atoms with E-state index in [-0.39, 0.29) is 37.0 Å². The Morgan fingerprint density at radius 1 is 0.739 bits per heavy atom. The third-order valence-corrected chi connectivity index (χ3v) is 4.21. The molecule has 4 heteroatoms. The molecule has 0 aromatic carbocycles. The van der Waals surface area contributed by atoms with E-state index in [4.69, 9.17) is 5.11 Å². The van der Waals surface area contributed by atoms with Crippen LogP contribution in [-0.2, 0) is 9.53 Å². The molecule has 0 spiro atoms. The van der Waals surface area contributed by atoms with Gasteiger partial charge in [-0.3, -0.25) is 4.79 Å². The molecule has 0 aliphatic heterocycles. The average Bonchev–Trinajstić information content (AvgIpc) is 2.51. The van der Waals surface area contributed by atoms with E-state index in [0.717, 1.165) is 12.8 Å². The second kappa shape index (κ2) is 22.4. The van der Waals surface area contributed by atoms with Crippen molar-refractivity contribution in [2.75, 3.05) is 6.79 Å². The zero-order valence-corrected chi connectivity index (χ0v) is 17.8. The van der Waals surface area contributed by atoms with Crippen molar-refractivity contribution in [2.24, 2.45) is 0 Å². The van der Waals surface area contributed by atoms with E-state index in [1.165, 1.54) is 83.5 Å². The van der Waals surface area contributed by atoms with Crippen LogP contribution >= 0.6 is 0 Å². The van der Waals surface area contributed by atoms with Gasteiger partial charge >= 0.3 is 35.5 Å². The predicted octanol–water partition coefficient (Wildman–Crippen LogP) is 2.86. The van der Waals surface area contributed by atoms with Crippen LogP contribution in [0.2, 0.25) is 0 Å². The number of carbonyl (C=O) groups excluding carboxylic acids is 1. The molecule has 0 heterocycles. The fourth-order valence-corrected chi connectivity index (χ4v) is 2.78. The number of rotatable bonds is 17. The van der Waals surface area contributed by atoms with Gasteiger partial charge in [0.1, 0.15) is 0 Å². The van der Waals surface area contributed by atoms with Crippen LogP contribution in [0.1, 0.15) is 111 Å². The standard InChI is InChI=1S/C19H38O3.Na.H/c1-2-3-4-5-6-7-8-9-10-11-12-13-14-15-16-17-19(21)22-18-20;;/h20H,2-18H2,1H3;;/q;+1;-1. The van der Waals surface area contributed by atoms with Crippen molar-refractivity contribution in [3.05, 3.63) is 0 Å². The smallest absolute Gasteiger partial charge is 1.00 e. The van der Waals surface area contributed by atoms with Gasteiger partial charge in [0.15, 0.2) is 6.79 Å². The molecule has 23 heavy (non-hydrogen) atoms. The molecule has 0 saturated carbocycles. The molecule has 0 radical (unpaired) electrons. The fourth-order valence-electron chi connectivity index (χ4n) is 2.78. The van der Waals surface area contributed by atoms with Gasteiger partial charge < -0.3 is 11.3 Å². The summed E-state index contributed by atoms with van der Waals surface area (Å²) in [4.78, 5) is 11.0. The Balaban J connectivity index is -0.00000220. The second-order valence-corrected chi connectivity index (χ2v) is 6.35. The van der Waals surface area contributed by atoms with Crippen LogP contribution < -0.4 is 29.6 Å². The largest absolute Gasteiger partial charge is 1.00 e. The molecule has 0 saturated heterocycles. The molecule has 1 N–H and O–H groups in total. The number of unbranched alkanes of at least 4 members (excludes halogenated alkanes) is 14. The Labute approximate surface area is 167 Å². The number of hydrogen-bond acceptors (Lipinski definition) is 3. The summed E-state index contributed by atoms with van der Waals surface area (Å²) in [6.07, 6.45) is 20.3. The summed E-state index contributed by atoms with van der Waals surface area (Å²) in [7, 11) is 0. The molecule has 134 valence electrons. The molecule has 0 amide bonds. The van der Waals surface area contributed by atoms with Gasteiger partial charge in [0.05, 0.1) is 0 Å². The normalized spacial score (nSPS) is 10.3. The summed E-state index contributed by atoms with van der Waals surface area (Å²) in [5.74, 6) is -0.280. The molecular weight excluding hydrogens is 299 g/mol. The van der Waals surface area contributed by atoms with Gasteiger partial charge in [-0.25, -0.2) is 0 Å². The molecule has 0 rings (SSSR count). The van der Waals surface area contributed by atoms with Gasteiger partial charge in [0.2, 0.25) is 0 Å². The minimum Gasteiger partial charge on any atom is -1.00 e. The number of aliphatic hydroxyl groups is 1. The fraction of sp³-hybridized carbons (Fsp3) is 0.947. The SMILES string of the molecule is CCCCCCCCCCCCCCCCCC(=O)OCO.[H-].[Na+]. The van der Waals surface area contributed by atoms with Crippen molar-refractivity contribution in [2.45, 2.75) is 110 Å². The van der Waals surface area contributed by atoms with Crippen LogP contribution in [0.25, 0.3) is 0 Å². The summed E-state index contributed by atoms with van der Waals surface area (Å²) < 4.78 is 4.48. The topological polar surface area (TPSA) is 46.5 Å². The Morgan fingerprint density at radius 3 is 1.43 bits per heavy atom. The van der Waals surface area contributed by atoms with Crippen LogP contribution in [-0.4, -0.2) is 17.9 Å². The molecule has 0 atom stereocenters. The molecule has 0 fully saturated rings. The number of aliphatic hydroxyl groups excluding tert-OH is 1. The average molecular weight is 339 g/mol. The Kier molecular flexibility index (Phi) is 25.0. The van der Waals surface area contributed by atoms with E-state index >= 15 is 0 Å². The second-order valence-electron chi connectivity index (χ2n) is 6.35. The van der Waals surface area contributed by atoms with E-state index in [2.05, 4.69) is 11.7 Å². The monoisotopic (exact) mass is 338 g/mol. The number of carbonyl (C=O) groups is 1. The summed E-state index contributed by atoms with van der Waals surface area (Å²) in [5.41, 5.74) is 0. The van der Waals surface area contributed by atoms with Crippen molar-refractivity contribution in [3.63, 3.8) is 0 Å². The molecule has 0 unspecified atom stereocenters. The van der Waals surface area contributed by atoms with E-state index in [9.17, 15) is 4.79 Å². The first-order valence-corrected chi connectivity index (χ1v) is 9.57. The minimum atomic E-state index is -0.489. The summed E-state index contributed by atoms with van der Waals surface area (Å²) in [6, 6.07) is 0. The van der Waals surface area contributed by atoms with E-state index < -0.39 is 6.79 Å². The summed E-state index contributed by atoms with van der Waals surface area (Å²) in [5, 5.41) is 8.42. The van der Waals surface area contributed by atoms with Crippen LogP contribution in [0.15, 0.2) is 0 Å². The number of esters is 1. The summed E-state index contributed by atoms with van der Waals surface area (Å²) >= 11 is 0. The zero-order valence-electron chi connectivity index (χ0n) is 16.8. The summed E-state index contributed by atoms with van der Waals surface area (Å²) in [6.45, 7) is 1.78. The van der Waals surface area contributed by atoms with E-state index in [1.807, 2.05) is 0 Å². The molecule has 0 aromatic heterocycles. The van der Waals surface area contributed by atoms with Gasteiger partial charge in [-0.2, -0.15) is 0 Å². The van der Waals surface area contributed by atoms with Crippen LogP contribution in [0.4, 0.5) is 0 Å². The van der Waals surface area contributed by atoms with Gasteiger partial charge in [-0.1, -0.05) is 96.8 Å². The first kappa shape index (κ1) is 25.7. The minimum absolute atomic E-state index is 0. The van der Waals surface area contributed by atoms with Crippen LogP contribution in [0.5, 0.6) is 0 Å². The first-order chi connectivity index (χ1) is 10.8. The quantitative estimate of drug-likeness (QED) is 0.192. The first-order valence-electron chi connectivity index (χ1n) is 9.57. The maximum absolute atomic E-state index is 11.0. The molecule has 0 aromatic rings. The molecule has 0 aliphatic carbocycles. The predicted molar refractivity (Wildman–Crippen MR) is 93.8 cm³/mol. The van der Waals surface area contributed by atoms with Gasteiger partial charge in [0.25, 0.3) is 0 Å². The molecule has 0 bridgehead atoms. The number of hydrogen-bond donors (Lipinski definition) is 1. The van der Waals surface area contributed by atoms with Crippen molar-refractivity contribution in [3.8, 4) is 0 Å². The van der Waals surface area contributed by atoms with E-state index in [0.29, 0.717) is 6.42 Å². The maximum atomic E-state index is 11.0. The van der Waals surface area contributed by atoms with Crippen molar-refractivity contribution < 1.29 is 45.6 Å². The van der Waals surface area contributed by atoms with Crippen LogP contribution in [0.3, 0.4) is 0 Å². The molecule has 0 aliphatic rings. The Hall–Kier alpha value is 0.430. The van der Waals surface area contributed by atoms with Gasteiger partial charge in [-0.05, 0) is 6.42 Å². The van der Waals surface area contributed by atoms with Crippen molar-refractivity contribution >= 4 is 5.97 Å². The number of ether oxygens (including phenoxy) is 1.